The van der Waals surface area contributed by atoms with Crippen molar-refractivity contribution in [1.29, 1.82) is 0 Å². The molecular formula is C17H25NO5. The van der Waals surface area contributed by atoms with Crippen molar-refractivity contribution in [2.24, 2.45) is 5.41 Å². The highest BCUT2D eigenvalue weighted by molar-refractivity contribution is 5.96. The first-order valence-corrected chi connectivity index (χ1v) is 7.47. The van der Waals surface area contributed by atoms with Crippen LogP contribution in [0, 0.1) is 5.41 Å². The highest BCUT2D eigenvalue weighted by Gasteiger charge is 2.18. The zero-order valence-corrected chi connectivity index (χ0v) is 14.4. The van der Waals surface area contributed by atoms with Gasteiger partial charge in [0.2, 0.25) is 5.91 Å². The van der Waals surface area contributed by atoms with Gasteiger partial charge in [-0.25, -0.2) is 4.79 Å². The molecule has 0 aliphatic rings. The maximum atomic E-state index is 12.1. The SMILES string of the molecule is COc1cc(C(=O)O)cc(NC(=O)CCCC(C)(C)C)c1OC. The lowest BCUT2D eigenvalue weighted by molar-refractivity contribution is -0.116. The third kappa shape index (κ3) is 5.81. The van der Waals surface area contributed by atoms with Crippen LogP contribution in [-0.2, 0) is 4.79 Å². The minimum Gasteiger partial charge on any atom is -0.493 e. The number of nitrogens with one attached hydrogen (secondary N) is 1. The highest BCUT2D eigenvalue weighted by atomic mass is 16.5. The first kappa shape index (κ1) is 18.8. The Kier molecular flexibility index (Phi) is 6.42. The van der Waals surface area contributed by atoms with Gasteiger partial charge in [0.1, 0.15) is 0 Å². The number of amides is 1. The Hall–Kier alpha value is -2.24. The van der Waals surface area contributed by atoms with E-state index in [2.05, 4.69) is 26.1 Å². The van der Waals surface area contributed by atoms with Crippen LogP contribution in [0.25, 0.3) is 0 Å². The minimum absolute atomic E-state index is 0.0210. The minimum atomic E-state index is -1.10. The van der Waals surface area contributed by atoms with Crippen molar-refractivity contribution in [3.63, 3.8) is 0 Å². The summed E-state index contributed by atoms with van der Waals surface area (Å²) in [6.07, 6.45) is 2.05. The highest BCUT2D eigenvalue weighted by Crippen LogP contribution is 2.36. The summed E-state index contributed by atoms with van der Waals surface area (Å²) in [6.45, 7) is 6.36. The largest absolute Gasteiger partial charge is 0.493 e. The number of carboxylic acid groups (broad SMARTS) is 1. The predicted octanol–water partition coefficient (Wildman–Crippen LogP) is 3.56. The number of aromatic carboxylic acids is 1. The molecule has 1 amide bonds. The fraction of sp³-hybridized carbons (Fsp3) is 0.529. The second kappa shape index (κ2) is 7.85. The lowest BCUT2D eigenvalue weighted by Crippen LogP contribution is -2.14. The quantitative estimate of drug-likeness (QED) is 0.801. The summed E-state index contributed by atoms with van der Waals surface area (Å²) < 4.78 is 10.4. The van der Waals surface area contributed by atoms with Crippen LogP contribution in [0.1, 0.15) is 50.4 Å². The van der Waals surface area contributed by atoms with Crippen molar-refractivity contribution < 1.29 is 24.2 Å². The lowest BCUT2D eigenvalue weighted by atomic mass is 9.90. The van der Waals surface area contributed by atoms with Gasteiger partial charge in [-0.1, -0.05) is 20.8 Å². The molecule has 0 aromatic heterocycles. The Bertz CT molecular complexity index is 575. The third-order valence-corrected chi connectivity index (χ3v) is 3.33. The molecule has 0 atom stereocenters. The first-order chi connectivity index (χ1) is 10.7. The molecule has 0 radical (unpaired) electrons. The van der Waals surface area contributed by atoms with Crippen molar-refractivity contribution >= 4 is 17.6 Å². The summed E-state index contributed by atoms with van der Waals surface area (Å²) in [5, 5.41) is 11.9. The van der Waals surface area contributed by atoms with Gasteiger partial charge in [0, 0.05) is 6.42 Å². The molecule has 0 aliphatic carbocycles. The van der Waals surface area contributed by atoms with Crippen molar-refractivity contribution in [1.82, 2.24) is 0 Å². The summed E-state index contributed by atoms with van der Waals surface area (Å²) in [7, 11) is 2.85. The maximum Gasteiger partial charge on any atom is 0.335 e. The molecule has 0 saturated carbocycles. The average molecular weight is 323 g/mol. The zero-order valence-electron chi connectivity index (χ0n) is 14.4. The number of hydrogen-bond donors (Lipinski definition) is 2. The summed E-state index contributed by atoms with van der Waals surface area (Å²) in [5.74, 6) is -0.717. The van der Waals surface area contributed by atoms with E-state index in [1.54, 1.807) is 0 Å². The Morgan fingerprint density at radius 3 is 2.30 bits per heavy atom. The topological polar surface area (TPSA) is 84.9 Å². The summed E-state index contributed by atoms with van der Waals surface area (Å²) in [5.41, 5.74) is 0.488. The molecule has 0 fully saturated rings. The maximum absolute atomic E-state index is 12.1. The Balaban J connectivity index is 2.91. The van der Waals surface area contributed by atoms with Gasteiger partial charge in [-0.2, -0.15) is 0 Å². The number of anilines is 1. The molecule has 1 aromatic rings. The van der Waals surface area contributed by atoms with E-state index < -0.39 is 5.97 Å². The van der Waals surface area contributed by atoms with Crippen molar-refractivity contribution in [3.05, 3.63) is 17.7 Å². The molecule has 128 valence electrons. The van der Waals surface area contributed by atoms with Gasteiger partial charge in [-0.3, -0.25) is 4.79 Å². The number of carbonyl (C=O) groups excluding carboxylic acids is 1. The van der Waals surface area contributed by atoms with Gasteiger partial charge in [-0.15, -0.1) is 0 Å². The molecular weight excluding hydrogens is 298 g/mol. The number of ether oxygens (including phenoxy) is 2. The van der Waals surface area contributed by atoms with E-state index in [1.807, 2.05) is 0 Å². The third-order valence-electron chi connectivity index (χ3n) is 3.33. The van der Waals surface area contributed by atoms with E-state index >= 15 is 0 Å². The van der Waals surface area contributed by atoms with Crippen molar-refractivity contribution in [2.45, 2.75) is 40.0 Å². The van der Waals surface area contributed by atoms with Crippen LogP contribution in [0.4, 0.5) is 5.69 Å². The number of methoxy groups -OCH3 is 2. The van der Waals surface area contributed by atoms with Gasteiger partial charge in [0.05, 0.1) is 25.5 Å². The van der Waals surface area contributed by atoms with Crippen LogP contribution in [0.3, 0.4) is 0 Å². The summed E-state index contributed by atoms with van der Waals surface area (Å²) in [4.78, 5) is 23.3. The number of hydrogen-bond acceptors (Lipinski definition) is 4. The van der Waals surface area contributed by atoms with Crippen LogP contribution < -0.4 is 14.8 Å². The molecule has 6 nitrogen and oxygen atoms in total. The second-order valence-corrected chi connectivity index (χ2v) is 6.53. The molecule has 1 rings (SSSR count). The predicted molar refractivity (Wildman–Crippen MR) is 88.4 cm³/mol. The molecule has 0 unspecified atom stereocenters. The van der Waals surface area contributed by atoms with Gasteiger partial charge in [0.15, 0.2) is 11.5 Å². The molecule has 23 heavy (non-hydrogen) atoms. The molecule has 0 spiro atoms. The van der Waals surface area contributed by atoms with Gasteiger partial charge >= 0.3 is 5.97 Å². The summed E-state index contributed by atoms with van der Waals surface area (Å²) in [6, 6.07) is 2.72. The summed E-state index contributed by atoms with van der Waals surface area (Å²) >= 11 is 0. The molecule has 6 heteroatoms. The number of rotatable bonds is 7. The van der Waals surface area contributed by atoms with E-state index in [4.69, 9.17) is 14.6 Å². The Morgan fingerprint density at radius 2 is 1.83 bits per heavy atom. The average Bonchev–Trinajstić information content (AvgIpc) is 2.44. The first-order valence-electron chi connectivity index (χ1n) is 7.47. The standard InChI is InChI=1S/C17H25NO5/c1-17(2,3)8-6-7-14(19)18-12-9-11(16(20)21)10-13(22-4)15(12)23-5/h9-10H,6-8H2,1-5H3,(H,18,19)(H,20,21). The number of carbonyl (C=O) groups is 2. The van der Waals surface area contributed by atoms with Crippen LogP contribution >= 0.6 is 0 Å². The van der Waals surface area contributed by atoms with E-state index in [0.717, 1.165) is 12.8 Å². The second-order valence-electron chi connectivity index (χ2n) is 6.53. The number of carboxylic acids is 1. The van der Waals surface area contributed by atoms with Gasteiger partial charge in [0.25, 0.3) is 0 Å². The lowest BCUT2D eigenvalue weighted by Gasteiger charge is -2.18. The molecule has 2 N–H and O–H groups in total. The van der Waals surface area contributed by atoms with Crippen LogP contribution in [0.2, 0.25) is 0 Å². The van der Waals surface area contributed by atoms with E-state index in [9.17, 15) is 9.59 Å². The van der Waals surface area contributed by atoms with Gasteiger partial charge in [-0.05, 0) is 30.4 Å². The number of benzene rings is 1. The molecule has 0 bridgehead atoms. The monoisotopic (exact) mass is 323 g/mol. The van der Waals surface area contributed by atoms with Crippen LogP contribution in [-0.4, -0.2) is 31.2 Å². The molecule has 1 aromatic carbocycles. The normalized spacial score (nSPS) is 11.0. The Labute approximate surface area is 136 Å². The van der Waals surface area contributed by atoms with Crippen molar-refractivity contribution in [3.8, 4) is 11.5 Å². The van der Waals surface area contributed by atoms with E-state index in [1.165, 1.54) is 26.4 Å². The van der Waals surface area contributed by atoms with Crippen molar-refractivity contribution in [2.75, 3.05) is 19.5 Å². The molecule has 0 heterocycles. The zero-order chi connectivity index (χ0) is 17.6. The molecule has 0 aliphatic heterocycles. The molecule has 0 saturated heterocycles. The smallest absolute Gasteiger partial charge is 0.335 e. The fourth-order valence-electron chi connectivity index (χ4n) is 2.17. The van der Waals surface area contributed by atoms with Gasteiger partial charge < -0.3 is 19.9 Å². The van der Waals surface area contributed by atoms with E-state index in [-0.39, 0.29) is 22.6 Å². The fourth-order valence-corrected chi connectivity index (χ4v) is 2.17. The Morgan fingerprint density at radius 1 is 1.17 bits per heavy atom. The van der Waals surface area contributed by atoms with E-state index in [0.29, 0.717) is 17.9 Å². The van der Waals surface area contributed by atoms with Crippen LogP contribution in [0.15, 0.2) is 12.1 Å². The van der Waals surface area contributed by atoms with Crippen LogP contribution in [0.5, 0.6) is 11.5 Å².